The average molecular weight is 126 g/mol. The van der Waals surface area contributed by atoms with E-state index in [9.17, 15) is 0 Å². The number of nitrogens with two attached hydrogens (primary N) is 1. The van der Waals surface area contributed by atoms with Crippen molar-refractivity contribution in [1.82, 2.24) is 4.98 Å². The van der Waals surface area contributed by atoms with Gasteiger partial charge in [-0.15, -0.1) is 0 Å². The highest BCUT2D eigenvalue weighted by atomic mass is 16.3. The molecule has 0 unspecified atom stereocenters. The van der Waals surface area contributed by atoms with Gasteiger partial charge in [0, 0.05) is 5.92 Å². The highest BCUT2D eigenvalue weighted by molar-refractivity contribution is 5.32. The number of nitrogens with zero attached hydrogens (tertiary/aromatic N) is 1. The molecule has 50 valence electrons. The maximum Gasteiger partial charge on any atom is 0.183 e. The first kappa shape index (κ1) is 6.13. The van der Waals surface area contributed by atoms with Crippen LogP contribution in [0.2, 0.25) is 0 Å². The summed E-state index contributed by atoms with van der Waals surface area (Å²) in [6.45, 7) is 4.02. The Morgan fingerprint density at radius 2 is 2.33 bits per heavy atom. The van der Waals surface area contributed by atoms with Gasteiger partial charge in [0.1, 0.15) is 5.76 Å². The third kappa shape index (κ3) is 1.04. The van der Waals surface area contributed by atoms with Crippen molar-refractivity contribution in [2.24, 2.45) is 0 Å². The van der Waals surface area contributed by atoms with Crippen LogP contribution in [0.5, 0.6) is 0 Å². The van der Waals surface area contributed by atoms with E-state index in [-0.39, 0.29) is 0 Å². The fourth-order valence-corrected chi connectivity index (χ4v) is 0.696. The van der Waals surface area contributed by atoms with Gasteiger partial charge in [-0.05, 0) is 0 Å². The Labute approximate surface area is 53.9 Å². The van der Waals surface area contributed by atoms with Gasteiger partial charge < -0.3 is 10.2 Å². The molecule has 1 rings (SSSR count). The van der Waals surface area contributed by atoms with Gasteiger partial charge in [-0.25, -0.2) is 0 Å². The topological polar surface area (TPSA) is 52.0 Å². The van der Waals surface area contributed by atoms with E-state index in [1.165, 1.54) is 6.39 Å². The molecule has 0 saturated heterocycles. The van der Waals surface area contributed by atoms with E-state index < -0.39 is 0 Å². The fraction of sp³-hybridized carbons (Fsp3) is 0.500. The van der Waals surface area contributed by atoms with Crippen molar-refractivity contribution < 1.29 is 4.42 Å². The van der Waals surface area contributed by atoms with Gasteiger partial charge in [0.2, 0.25) is 0 Å². The first-order valence-electron chi connectivity index (χ1n) is 2.90. The Morgan fingerprint density at radius 1 is 1.67 bits per heavy atom. The SMILES string of the molecule is CC(C)c1ocnc1N. The molecule has 0 aliphatic rings. The lowest BCUT2D eigenvalue weighted by Gasteiger charge is -1.97. The van der Waals surface area contributed by atoms with E-state index in [1.54, 1.807) is 0 Å². The van der Waals surface area contributed by atoms with Crippen molar-refractivity contribution in [2.75, 3.05) is 5.73 Å². The molecule has 3 heteroatoms. The number of anilines is 1. The summed E-state index contributed by atoms with van der Waals surface area (Å²) in [4.78, 5) is 3.75. The minimum absolute atomic E-state index is 0.326. The maximum atomic E-state index is 5.44. The van der Waals surface area contributed by atoms with Crippen LogP contribution < -0.4 is 5.73 Å². The van der Waals surface area contributed by atoms with Crippen molar-refractivity contribution in [3.8, 4) is 0 Å². The Bertz CT molecular complexity index is 193. The molecule has 0 fully saturated rings. The summed E-state index contributed by atoms with van der Waals surface area (Å²) >= 11 is 0. The zero-order valence-corrected chi connectivity index (χ0v) is 5.59. The molecular formula is C6H10N2O. The van der Waals surface area contributed by atoms with Gasteiger partial charge in [0.15, 0.2) is 12.2 Å². The molecule has 0 amide bonds. The summed E-state index contributed by atoms with van der Waals surface area (Å²) in [6.07, 6.45) is 1.37. The van der Waals surface area contributed by atoms with Crippen LogP contribution in [0.3, 0.4) is 0 Å². The molecule has 0 bridgehead atoms. The highest BCUT2D eigenvalue weighted by Gasteiger charge is 2.07. The third-order valence-electron chi connectivity index (χ3n) is 1.15. The monoisotopic (exact) mass is 126 g/mol. The lowest BCUT2D eigenvalue weighted by Crippen LogP contribution is -1.92. The van der Waals surface area contributed by atoms with Gasteiger partial charge in [-0.2, -0.15) is 4.98 Å². The molecule has 0 radical (unpaired) electrons. The van der Waals surface area contributed by atoms with Gasteiger partial charge in [-0.1, -0.05) is 13.8 Å². The minimum Gasteiger partial charge on any atom is -0.446 e. The van der Waals surface area contributed by atoms with Crippen LogP contribution in [0.4, 0.5) is 5.82 Å². The minimum atomic E-state index is 0.326. The Balaban J connectivity index is 2.94. The summed E-state index contributed by atoms with van der Waals surface area (Å²) in [7, 11) is 0. The lowest BCUT2D eigenvalue weighted by atomic mass is 10.2. The van der Waals surface area contributed by atoms with Crippen LogP contribution in [-0.2, 0) is 0 Å². The third-order valence-corrected chi connectivity index (χ3v) is 1.15. The summed E-state index contributed by atoms with van der Waals surface area (Å²) in [5, 5.41) is 0. The van der Waals surface area contributed by atoms with Crippen molar-refractivity contribution in [3.05, 3.63) is 12.2 Å². The average Bonchev–Trinajstić information content (AvgIpc) is 2.13. The summed E-state index contributed by atoms with van der Waals surface area (Å²) < 4.78 is 4.99. The molecule has 0 atom stereocenters. The van der Waals surface area contributed by atoms with Crippen LogP contribution in [0.25, 0.3) is 0 Å². The van der Waals surface area contributed by atoms with Crippen LogP contribution in [0.15, 0.2) is 10.8 Å². The molecule has 3 nitrogen and oxygen atoms in total. The molecule has 9 heavy (non-hydrogen) atoms. The van der Waals surface area contributed by atoms with E-state index in [4.69, 9.17) is 10.2 Å². The number of oxazole rings is 1. The molecule has 2 N–H and O–H groups in total. The van der Waals surface area contributed by atoms with Gasteiger partial charge in [-0.3, -0.25) is 0 Å². The molecule has 1 aromatic heterocycles. The van der Waals surface area contributed by atoms with E-state index in [1.807, 2.05) is 13.8 Å². The van der Waals surface area contributed by atoms with Crippen LogP contribution in [0.1, 0.15) is 25.5 Å². The highest BCUT2D eigenvalue weighted by Crippen LogP contribution is 2.18. The van der Waals surface area contributed by atoms with Crippen molar-refractivity contribution in [2.45, 2.75) is 19.8 Å². The Hall–Kier alpha value is -0.990. The maximum absolute atomic E-state index is 5.44. The number of hydrogen-bond donors (Lipinski definition) is 1. The van der Waals surface area contributed by atoms with Crippen molar-refractivity contribution in [3.63, 3.8) is 0 Å². The molecule has 0 aromatic carbocycles. The zero-order chi connectivity index (χ0) is 6.85. The first-order valence-corrected chi connectivity index (χ1v) is 2.90. The quantitative estimate of drug-likeness (QED) is 0.618. The largest absolute Gasteiger partial charge is 0.446 e. The van der Waals surface area contributed by atoms with Crippen molar-refractivity contribution >= 4 is 5.82 Å². The van der Waals surface area contributed by atoms with Crippen molar-refractivity contribution in [1.29, 1.82) is 0 Å². The smallest absolute Gasteiger partial charge is 0.183 e. The Morgan fingerprint density at radius 3 is 2.56 bits per heavy atom. The summed E-state index contributed by atoms with van der Waals surface area (Å²) in [5.41, 5.74) is 5.44. The van der Waals surface area contributed by atoms with Crippen LogP contribution >= 0.6 is 0 Å². The fourth-order valence-electron chi connectivity index (χ4n) is 0.696. The van der Waals surface area contributed by atoms with E-state index in [0.29, 0.717) is 11.7 Å². The van der Waals surface area contributed by atoms with E-state index in [0.717, 1.165) is 5.76 Å². The number of rotatable bonds is 1. The second-order valence-electron chi connectivity index (χ2n) is 2.26. The Kier molecular flexibility index (Phi) is 1.42. The summed E-state index contributed by atoms with van der Waals surface area (Å²) in [5.74, 6) is 1.60. The van der Waals surface area contributed by atoms with E-state index >= 15 is 0 Å². The predicted octanol–water partition coefficient (Wildman–Crippen LogP) is 1.38. The molecule has 1 aromatic rings. The molecule has 0 aliphatic heterocycles. The predicted molar refractivity (Wildman–Crippen MR) is 35.0 cm³/mol. The summed E-state index contributed by atoms with van der Waals surface area (Å²) in [6, 6.07) is 0. The molecule has 0 saturated carbocycles. The lowest BCUT2D eigenvalue weighted by molar-refractivity contribution is 0.483. The molecule has 1 heterocycles. The second-order valence-corrected chi connectivity index (χ2v) is 2.26. The standard InChI is InChI=1S/C6H10N2O/c1-4(2)5-6(7)8-3-9-5/h3-4H,7H2,1-2H3. The molecule has 0 aliphatic carbocycles. The zero-order valence-electron chi connectivity index (χ0n) is 5.59. The van der Waals surface area contributed by atoms with E-state index in [2.05, 4.69) is 4.98 Å². The van der Waals surface area contributed by atoms with Crippen LogP contribution in [-0.4, -0.2) is 4.98 Å². The second kappa shape index (κ2) is 2.09. The van der Waals surface area contributed by atoms with Gasteiger partial charge in [0.05, 0.1) is 0 Å². The van der Waals surface area contributed by atoms with Gasteiger partial charge in [0.25, 0.3) is 0 Å². The molecular weight excluding hydrogens is 116 g/mol. The number of nitrogen functional groups attached to an aromatic ring is 1. The van der Waals surface area contributed by atoms with Crippen LogP contribution in [0, 0.1) is 0 Å². The van der Waals surface area contributed by atoms with Gasteiger partial charge >= 0.3 is 0 Å². The first-order chi connectivity index (χ1) is 4.22. The normalized spacial score (nSPS) is 10.6. The molecule has 0 spiro atoms. The number of hydrogen-bond acceptors (Lipinski definition) is 3. The number of aromatic nitrogens is 1.